The van der Waals surface area contributed by atoms with Crippen LogP contribution in [0.4, 0.5) is 0 Å². The van der Waals surface area contributed by atoms with Crippen LogP contribution in [0, 0.1) is 5.92 Å². The number of nitrogens with two attached hydrogens (primary N) is 1. The lowest BCUT2D eigenvalue weighted by Crippen LogP contribution is -2.27. The summed E-state index contributed by atoms with van der Waals surface area (Å²) in [5.41, 5.74) is 8.87. The summed E-state index contributed by atoms with van der Waals surface area (Å²) in [6.45, 7) is 3.87. The van der Waals surface area contributed by atoms with Crippen molar-refractivity contribution in [2.75, 3.05) is 6.54 Å². The first-order valence-electron chi connectivity index (χ1n) is 8.17. The van der Waals surface area contributed by atoms with Crippen molar-refractivity contribution in [2.45, 2.75) is 51.6 Å². The van der Waals surface area contributed by atoms with Gasteiger partial charge < -0.3 is 15.5 Å². The predicted molar refractivity (Wildman–Crippen MR) is 86.1 cm³/mol. The molecule has 3 N–H and O–H groups in total. The molecule has 4 nitrogen and oxygen atoms in total. The summed E-state index contributed by atoms with van der Waals surface area (Å²) in [7, 11) is 0. The Labute approximate surface area is 126 Å². The third-order valence-corrected chi connectivity index (χ3v) is 4.67. The minimum absolute atomic E-state index is 0.375. The van der Waals surface area contributed by atoms with Crippen molar-refractivity contribution in [3.63, 3.8) is 0 Å². The van der Waals surface area contributed by atoms with E-state index in [1.807, 2.05) is 6.20 Å². The number of rotatable bonds is 5. The quantitative estimate of drug-likeness (QED) is 0.888. The minimum atomic E-state index is 0.375. The van der Waals surface area contributed by atoms with E-state index >= 15 is 0 Å². The van der Waals surface area contributed by atoms with E-state index in [4.69, 9.17) is 5.73 Å². The highest BCUT2D eigenvalue weighted by molar-refractivity contribution is 5.41. The monoisotopic (exact) mass is 286 g/mol. The highest BCUT2D eigenvalue weighted by Gasteiger charge is 2.15. The standard InChI is InChI=1S/C17H26N4/c1-13(19-10-14-5-3-2-4-6-14)15-7-8-17-20-16(9-18)12-21(17)11-15/h7-8,11-14,19H,2-6,9-10,18H2,1H3. The number of nitrogens with one attached hydrogen (secondary N) is 1. The number of hydrogen-bond donors (Lipinski definition) is 2. The van der Waals surface area contributed by atoms with Gasteiger partial charge in [0.2, 0.25) is 0 Å². The van der Waals surface area contributed by atoms with Gasteiger partial charge in [-0.15, -0.1) is 0 Å². The summed E-state index contributed by atoms with van der Waals surface area (Å²) < 4.78 is 2.08. The fourth-order valence-corrected chi connectivity index (χ4v) is 3.27. The van der Waals surface area contributed by atoms with Crippen molar-refractivity contribution in [2.24, 2.45) is 11.7 Å². The van der Waals surface area contributed by atoms with Crippen molar-refractivity contribution in [1.82, 2.24) is 14.7 Å². The Bertz CT molecular complexity index is 583. The number of nitrogens with zero attached hydrogens (tertiary/aromatic N) is 2. The number of imidazole rings is 1. The van der Waals surface area contributed by atoms with Crippen LogP contribution in [-0.4, -0.2) is 15.9 Å². The third kappa shape index (κ3) is 3.44. The van der Waals surface area contributed by atoms with E-state index in [-0.39, 0.29) is 0 Å². The van der Waals surface area contributed by atoms with Crippen LogP contribution in [0.5, 0.6) is 0 Å². The molecule has 1 atom stereocenters. The van der Waals surface area contributed by atoms with E-state index in [2.05, 4.69) is 40.0 Å². The Morgan fingerprint density at radius 3 is 2.86 bits per heavy atom. The van der Waals surface area contributed by atoms with Crippen LogP contribution in [0.1, 0.15) is 56.3 Å². The van der Waals surface area contributed by atoms with Crippen LogP contribution in [0.3, 0.4) is 0 Å². The molecular weight excluding hydrogens is 260 g/mol. The molecule has 2 aromatic rings. The molecule has 2 aromatic heterocycles. The van der Waals surface area contributed by atoms with Crippen LogP contribution < -0.4 is 11.1 Å². The molecule has 2 heterocycles. The molecule has 0 bridgehead atoms. The van der Waals surface area contributed by atoms with Gasteiger partial charge >= 0.3 is 0 Å². The molecule has 4 heteroatoms. The zero-order valence-electron chi connectivity index (χ0n) is 12.9. The summed E-state index contributed by atoms with van der Waals surface area (Å²) >= 11 is 0. The largest absolute Gasteiger partial charge is 0.325 e. The second kappa shape index (κ2) is 6.58. The lowest BCUT2D eigenvalue weighted by atomic mass is 9.89. The average Bonchev–Trinajstić information content (AvgIpc) is 2.95. The lowest BCUT2D eigenvalue weighted by molar-refractivity contribution is 0.331. The molecule has 1 fully saturated rings. The maximum Gasteiger partial charge on any atom is 0.137 e. The molecule has 0 spiro atoms. The van der Waals surface area contributed by atoms with E-state index in [9.17, 15) is 0 Å². The molecule has 0 amide bonds. The first-order valence-corrected chi connectivity index (χ1v) is 8.17. The molecule has 1 unspecified atom stereocenters. The lowest BCUT2D eigenvalue weighted by Gasteiger charge is -2.24. The molecule has 1 aliphatic carbocycles. The van der Waals surface area contributed by atoms with Gasteiger partial charge in [-0.25, -0.2) is 4.98 Å². The van der Waals surface area contributed by atoms with E-state index in [1.54, 1.807) is 0 Å². The van der Waals surface area contributed by atoms with Gasteiger partial charge in [-0.1, -0.05) is 25.3 Å². The van der Waals surface area contributed by atoms with Gasteiger partial charge in [0.25, 0.3) is 0 Å². The van der Waals surface area contributed by atoms with Gasteiger partial charge in [0.05, 0.1) is 5.69 Å². The molecule has 3 rings (SSSR count). The number of pyridine rings is 1. The summed E-state index contributed by atoms with van der Waals surface area (Å²) in [6.07, 6.45) is 11.2. The molecular formula is C17H26N4. The molecule has 1 aliphatic rings. The van der Waals surface area contributed by atoms with Crippen LogP contribution >= 0.6 is 0 Å². The smallest absolute Gasteiger partial charge is 0.137 e. The first kappa shape index (κ1) is 14.5. The van der Waals surface area contributed by atoms with Crippen molar-refractivity contribution in [3.05, 3.63) is 35.8 Å². The molecule has 21 heavy (non-hydrogen) atoms. The van der Waals surface area contributed by atoms with Crippen LogP contribution in [0.25, 0.3) is 5.65 Å². The third-order valence-electron chi connectivity index (χ3n) is 4.67. The van der Waals surface area contributed by atoms with Crippen molar-refractivity contribution in [1.29, 1.82) is 0 Å². The second-order valence-electron chi connectivity index (χ2n) is 6.30. The van der Waals surface area contributed by atoms with Gasteiger partial charge in [0.1, 0.15) is 5.65 Å². The minimum Gasteiger partial charge on any atom is -0.325 e. The zero-order valence-corrected chi connectivity index (χ0v) is 12.9. The average molecular weight is 286 g/mol. The van der Waals surface area contributed by atoms with Gasteiger partial charge in [-0.05, 0) is 43.9 Å². The van der Waals surface area contributed by atoms with Crippen LogP contribution in [0.2, 0.25) is 0 Å². The van der Waals surface area contributed by atoms with Crippen molar-refractivity contribution < 1.29 is 0 Å². The van der Waals surface area contributed by atoms with E-state index < -0.39 is 0 Å². The van der Waals surface area contributed by atoms with Gasteiger partial charge in [0.15, 0.2) is 0 Å². The predicted octanol–water partition coefficient (Wildman–Crippen LogP) is 3.02. The van der Waals surface area contributed by atoms with Crippen molar-refractivity contribution in [3.8, 4) is 0 Å². The fourth-order valence-electron chi connectivity index (χ4n) is 3.27. The maximum atomic E-state index is 5.65. The molecule has 114 valence electrons. The summed E-state index contributed by atoms with van der Waals surface area (Å²) in [6, 6.07) is 4.62. The Morgan fingerprint density at radius 2 is 2.10 bits per heavy atom. The van der Waals surface area contributed by atoms with Gasteiger partial charge in [-0.3, -0.25) is 0 Å². The normalized spacial score (nSPS) is 18.2. The zero-order chi connectivity index (χ0) is 14.7. The molecule has 0 aromatic carbocycles. The van der Waals surface area contributed by atoms with E-state index in [1.165, 1.54) is 37.7 Å². The first-order chi connectivity index (χ1) is 10.3. The van der Waals surface area contributed by atoms with Gasteiger partial charge in [0, 0.05) is 25.0 Å². The van der Waals surface area contributed by atoms with Crippen molar-refractivity contribution >= 4 is 5.65 Å². The highest BCUT2D eigenvalue weighted by atomic mass is 15.0. The summed E-state index contributed by atoms with van der Waals surface area (Å²) in [5, 5.41) is 3.70. The molecule has 0 radical (unpaired) electrons. The highest BCUT2D eigenvalue weighted by Crippen LogP contribution is 2.24. The van der Waals surface area contributed by atoms with E-state index in [0.717, 1.165) is 23.8 Å². The Kier molecular flexibility index (Phi) is 4.56. The van der Waals surface area contributed by atoms with Gasteiger partial charge in [-0.2, -0.15) is 0 Å². The topological polar surface area (TPSA) is 55.3 Å². The Hall–Kier alpha value is -1.39. The summed E-state index contributed by atoms with van der Waals surface area (Å²) in [5.74, 6) is 0.863. The molecule has 0 saturated heterocycles. The molecule has 0 aliphatic heterocycles. The number of aromatic nitrogens is 2. The second-order valence-corrected chi connectivity index (χ2v) is 6.30. The SMILES string of the molecule is CC(NCC1CCCCC1)c1ccc2nc(CN)cn2c1. The van der Waals surface area contributed by atoms with Crippen LogP contribution in [0.15, 0.2) is 24.5 Å². The van der Waals surface area contributed by atoms with E-state index in [0.29, 0.717) is 12.6 Å². The Morgan fingerprint density at radius 1 is 1.29 bits per heavy atom. The number of fused-ring (bicyclic) bond motifs is 1. The fraction of sp³-hybridized carbons (Fsp3) is 0.588. The molecule has 1 saturated carbocycles. The van der Waals surface area contributed by atoms with Crippen LogP contribution in [-0.2, 0) is 6.54 Å². The number of hydrogen-bond acceptors (Lipinski definition) is 3. The Balaban J connectivity index is 1.64. The summed E-state index contributed by atoms with van der Waals surface area (Å²) in [4.78, 5) is 4.47. The maximum absolute atomic E-state index is 5.65.